The minimum Gasteiger partial charge on any atom is -0.398 e. The van der Waals surface area contributed by atoms with Crippen molar-refractivity contribution in [2.45, 2.75) is 4.90 Å². The lowest BCUT2D eigenvalue weighted by Gasteiger charge is -2.06. The number of carbonyl (C=O) groups excluding carboxylic acids is 1. The van der Waals surface area contributed by atoms with Crippen LogP contribution in [0.1, 0.15) is 0 Å². The van der Waals surface area contributed by atoms with E-state index in [0.29, 0.717) is 5.69 Å². The number of hydrogen-bond acceptors (Lipinski definition) is 4. The maximum Gasteiger partial charge on any atom is 0.296 e. The van der Waals surface area contributed by atoms with Crippen molar-refractivity contribution < 1.29 is 17.8 Å². The minimum atomic E-state index is -4.34. The van der Waals surface area contributed by atoms with E-state index in [1.165, 1.54) is 12.1 Å². The van der Waals surface area contributed by atoms with Gasteiger partial charge in [-0.15, -0.1) is 0 Å². The van der Waals surface area contributed by atoms with Gasteiger partial charge in [0.25, 0.3) is 10.1 Å². The molecule has 7 heteroatoms. The molecule has 0 aliphatic carbocycles. The molecule has 16 heavy (non-hydrogen) atoms. The zero-order chi connectivity index (χ0) is 12.3. The first-order valence-corrected chi connectivity index (χ1v) is 5.59. The van der Waals surface area contributed by atoms with Crippen molar-refractivity contribution >= 4 is 27.4 Å². The van der Waals surface area contributed by atoms with Crippen LogP contribution >= 0.6 is 0 Å². The van der Waals surface area contributed by atoms with Gasteiger partial charge >= 0.3 is 0 Å². The lowest BCUT2D eigenvalue weighted by atomic mass is 10.3. The molecule has 0 fully saturated rings. The Balaban J connectivity index is 3.10. The number of anilines is 2. The first-order valence-electron chi connectivity index (χ1n) is 4.15. The highest BCUT2D eigenvalue weighted by Crippen LogP contribution is 2.22. The molecule has 0 bridgehead atoms. The number of carbonyl (C=O) groups is 1. The summed E-state index contributed by atoms with van der Waals surface area (Å²) in [5.41, 5.74) is 5.57. The summed E-state index contributed by atoms with van der Waals surface area (Å²) in [6.07, 6.45) is 1.06. The second-order valence-corrected chi connectivity index (χ2v) is 4.31. The molecular formula is C9H10N2O4S. The predicted molar refractivity (Wildman–Crippen MR) is 59.5 cm³/mol. The van der Waals surface area contributed by atoms with Gasteiger partial charge in [-0.2, -0.15) is 8.42 Å². The van der Waals surface area contributed by atoms with Gasteiger partial charge in [0.15, 0.2) is 0 Å². The molecule has 0 heterocycles. The van der Waals surface area contributed by atoms with Crippen LogP contribution in [0, 0.1) is 0 Å². The third-order valence-corrected chi connectivity index (χ3v) is 2.67. The fourth-order valence-corrected chi connectivity index (χ4v) is 1.65. The van der Waals surface area contributed by atoms with Gasteiger partial charge in [0.2, 0.25) is 5.91 Å². The molecule has 0 aliphatic heterocycles. The monoisotopic (exact) mass is 242 g/mol. The SMILES string of the molecule is C=CC(=O)Nc1ccc(S(=O)(=O)O)c(N)c1. The molecule has 0 saturated carbocycles. The van der Waals surface area contributed by atoms with Crippen LogP contribution in [0.5, 0.6) is 0 Å². The van der Waals surface area contributed by atoms with Crippen LogP contribution in [-0.2, 0) is 14.9 Å². The second-order valence-electron chi connectivity index (χ2n) is 2.92. The van der Waals surface area contributed by atoms with Crippen LogP contribution < -0.4 is 11.1 Å². The summed E-state index contributed by atoms with van der Waals surface area (Å²) in [6.45, 7) is 3.26. The Labute approximate surface area is 92.5 Å². The van der Waals surface area contributed by atoms with E-state index in [9.17, 15) is 13.2 Å². The van der Waals surface area contributed by atoms with Crippen molar-refractivity contribution in [3.8, 4) is 0 Å². The summed E-state index contributed by atoms with van der Waals surface area (Å²) in [6, 6.07) is 3.63. The zero-order valence-electron chi connectivity index (χ0n) is 8.17. The van der Waals surface area contributed by atoms with Crippen molar-refractivity contribution in [1.82, 2.24) is 0 Å². The maximum absolute atomic E-state index is 10.9. The average Bonchev–Trinajstić information content (AvgIpc) is 2.15. The van der Waals surface area contributed by atoms with E-state index in [4.69, 9.17) is 10.3 Å². The van der Waals surface area contributed by atoms with Crippen LogP contribution in [0.4, 0.5) is 11.4 Å². The van der Waals surface area contributed by atoms with Crippen molar-refractivity contribution in [3.05, 3.63) is 30.9 Å². The molecule has 0 aliphatic rings. The van der Waals surface area contributed by atoms with Gasteiger partial charge in [-0.1, -0.05) is 6.58 Å². The molecule has 4 N–H and O–H groups in total. The quantitative estimate of drug-likeness (QED) is 0.409. The van der Waals surface area contributed by atoms with Gasteiger partial charge in [0.05, 0.1) is 5.69 Å². The minimum absolute atomic E-state index is 0.149. The summed E-state index contributed by atoms with van der Waals surface area (Å²) in [7, 11) is -4.34. The maximum atomic E-state index is 10.9. The lowest BCUT2D eigenvalue weighted by Crippen LogP contribution is -2.09. The highest BCUT2D eigenvalue weighted by Gasteiger charge is 2.13. The first-order chi connectivity index (χ1) is 7.34. The Morgan fingerprint density at radius 3 is 2.56 bits per heavy atom. The van der Waals surface area contributed by atoms with E-state index >= 15 is 0 Å². The summed E-state index contributed by atoms with van der Waals surface area (Å²) >= 11 is 0. The fourth-order valence-electron chi connectivity index (χ4n) is 1.05. The highest BCUT2D eigenvalue weighted by molar-refractivity contribution is 7.86. The zero-order valence-corrected chi connectivity index (χ0v) is 8.99. The van der Waals surface area contributed by atoms with Crippen LogP contribution in [-0.4, -0.2) is 18.9 Å². The molecule has 1 aromatic carbocycles. The molecule has 0 unspecified atom stereocenters. The number of benzene rings is 1. The van der Waals surface area contributed by atoms with Gasteiger partial charge in [0, 0.05) is 5.69 Å². The molecule has 0 spiro atoms. The van der Waals surface area contributed by atoms with Crippen molar-refractivity contribution in [2.24, 2.45) is 0 Å². The number of rotatable bonds is 3. The molecule has 1 rings (SSSR count). The van der Waals surface area contributed by atoms with E-state index in [1.807, 2.05) is 0 Å². The molecule has 1 amide bonds. The Bertz CT molecular complexity index is 536. The van der Waals surface area contributed by atoms with Crippen LogP contribution in [0.25, 0.3) is 0 Å². The smallest absolute Gasteiger partial charge is 0.296 e. The Kier molecular flexibility index (Phi) is 3.31. The van der Waals surface area contributed by atoms with E-state index in [-0.39, 0.29) is 5.69 Å². The van der Waals surface area contributed by atoms with E-state index in [0.717, 1.165) is 12.1 Å². The molecule has 6 nitrogen and oxygen atoms in total. The summed E-state index contributed by atoms with van der Waals surface area (Å²) < 4.78 is 30.4. The predicted octanol–water partition coefficient (Wildman–Crippen LogP) is 0.640. The normalized spacial score (nSPS) is 10.8. The third-order valence-electron chi connectivity index (χ3n) is 1.74. The van der Waals surface area contributed by atoms with E-state index in [2.05, 4.69) is 11.9 Å². The fraction of sp³-hybridized carbons (Fsp3) is 0. The largest absolute Gasteiger partial charge is 0.398 e. The molecule has 0 aromatic heterocycles. The molecule has 0 saturated heterocycles. The summed E-state index contributed by atoms with van der Waals surface area (Å²) in [4.78, 5) is 10.5. The topological polar surface area (TPSA) is 109 Å². The lowest BCUT2D eigenvalue weighted by molar-refractivity contribution is -0.111. The van der Waals surface area contributed by atoms with Gasteiger partial charge in [0.1, 0.15) is 4.90 Å². The Morgan fingerprint density at radius 2 is 2.12 bits per heavy atom. The highest BCUT2D eigenvalue weighted by atomic mass is 32.2. The van der Waals surface area contributed by atoms with Crippen LogP contribution in [0.15, 0.2) is 35.7 Å². The Morgan fingerprint density at radius 1 is 1.50 bits per heavy atom. The number of hydrogen-bond donors (Lipinski definition) is 3. The van der Waals surface area contributed by atoms with E-state index < -0.39 is 20.9 Å². The number of nitrogens with two attached hydrogens (primary N) is 1. The summed E-state index contributed by atoms with van der Waals surface area (Å²) in [5.74, 6) is -0.445. The van der Waals surface area contributed by atoms with Crippen LogP contribution in [0.3, 0.4) is 0 Å². The van der Waals surface area contributed by atoms with Crippen LogP contribution in [0.2, 0.25) is 0 Å². The van der Waals surface area contributed by atoms with Gasteiger partial charge in [-0.25, -0.2) is 0 Å². The van der Waals surface area contributed by atoms with E-state index in [1.54, 1.807) is 0 Å². The molecule has 0 radical (unpaired) electrons. The van der Waals surface area contributed by atoms with Gasteiger partial charge < -0.3 is 11.1 Å². The van der Waals surface area contributed by atoms with Gasteiger partial charge in [-0.3, -0.25) is 9.35 Å². The molecule has 86 valence electrons. The van der Waals surface area contributed by atoms with Gasteiger partial charge in [-0.05, 0) is 24.3 Å². The van der Waals surface area contributed by atoms with Crippen molar-refractivity contribution in [1.29, 1.82) is 0 Å². The molecule has 0 atom stereocenters. The number of nitrogens with one attached hydrogen (secondary N) is 1. The first kappa shape index (κ1) is 12.2. The summed E-state index contributed by atoms with van der Waals surface area (Å²) in [5, 5.41) is 2.40. The Hall–Kier alpha value is -1.86. The standard InChI is InChI=1S/C9H10N2O4S/c1-2-9(12)11-6-3-4-8(7(10)5-6)16(13,14)15/h2-5H,1,10H2,(H,11,12)(H,13,14,15). The number of amides is 1. The van der Waals surface area contributed by atoms with Crippen molar-refractivity contribution in [3.63, 3.8) is 0 Å². The van der Waals surface area contributed by atoms with Crippen molar-refractivity contribution in [2.75, 3.05) is 11.1 Å². The molecular weight excluding hydrogens is 232 g/mol. The third kappa shape index (κ3) is 2.81. The second kappa shape index (κ2) is 4.33. The average molecular weight is 242 g/mol. The molecule has 1 aromatic rings. The number of nitrogen functional groups attached to an aromatic ring is 1.